The number of aromatic nitrogens is 3. The van der Waals surface area contributed by atoms with Crippen molar-refractivity contribution in [2.75, 3.05) is 50.1 Å². The summed E-state index contributed by atoms with van der Waals surface area (Å²) in [5.41, 5.74) is 3.37. The second kappa shape index (κ2) is 11.0. The van der Waals surface area contributed by atoms with Crippen molar-refractivity contribution in [3.05, 3.63) is 66.2 Å². The summed E-state index contributed by atoms with van der Waals surface area (Å²) in [6.07, 6.45) is 1.40. The van der Waals surface area contributed by atoms with E-state index in [9.17, 15) is 4.79 Å². The van der Waals surface area contributed by atoms with Crippen molar-refractivity contribution in [1.82, 2.24) is 19.4 Å². The number of anilines is 2. The van der Waals surface area contributed by atoms with Crippen LogP contribution in [0.15, 0.2) is 59.7 Å². The normalized spacial score (nSPS) is 15.5. The Hall–Kier alpha value is -4.67. The zero-order valence-electron chi connectivity index (χ0n) is 24.2. The number of nitrogens with zero attached hydrogens (tertiary/aromatic N) is 6. The minimum atomic E-state index is -0.541. The largest absolute Gasteiger partial charge is 0.496 e. The second-order valence-corrected chi connectivity index (χ2v) is 11.3. The van der Waals surface area contributed by atoms with Gasteiger partial charge in [0.05, 0.1) is 7.11 Å². The quantitative estimate of drug-likeness (QED) is 0.372. The van der Waals surface area contributed by atoms with Gasteiger partial charge in [0.15, 0.2) is 5.82 Å². The Morgan fingerprint density at radius 1 is 1.02 bits per heavy atom. The summed E-state index contributed by atoms with van der Waals surface area (Å²) in [7, 11) is 1.66. The average molecular weight is 572 g/mol. The molecule has 1 saturated heterocycles. The number of amides is 1. The predicted molar refractivity (Wildman–Crippen MR) is 159 cm³/mol. The van der Waals surface area contributed by atoms with E-state index < -0.39 is 11.4 Å². The molecule has 4 aliphatic heterocycles. The number of ether oxygens (including phenoxy) is 2. The maximum atomic E-state index is 15.2. The molecule has 0 spiro atoms. The number of hydrogen-bond acceptors (Lipinski definition) is 8. The summed E-state index contributed by atoms with van der Waals surface area (Å²) >= 11 is 0. The third kappa shape index (κ3) is 5.46. The maximum absolute atomic E-state index is 15.2. The van der Waals surface area contributed by atoms with Gasteiger partial charge in [-0.25, -0.2) is 19.2 Å². The van der Waals surface area contributed by atoms with Crippen LogP contribution in [0.4, 0.5) is 26.4 Å². The van der Waals surface area contributed by atoms with Crippen LogP contribution < -0.4 is 20.6 Å². The smallest absolute Gasteiger partial charge is 0.410 e. The molecule has 0 aromatic heterocycles. The molecule has 0 atom stereocenters. The van der Waals surface area contributed by atoms with Crippen LogP contribution in [0.2, 0.25) is 0 Å². The number of carbonyl (C=O) groups excluding carboxylic acids is 1. The zero-order valence-corrected chi connectivity index (χ0v) is 24.2. The minimum Gasteiger partial charge on any atom is -0.496 e. The summed E-state index contributed by atoms with van der Waals surface area (Å²) in [6, 6.07) is 14.9. The first-order valence-electron chi connectivity index (χ1n) is 14.1. The van der Waals surface area contributed by atoms with Crippen molar-refractivity contribution in [3.63, 3.8) is 0 Å². The molecule has 2 aromatic carbocycles. The molecule has 42 heavy (non-hydrogen) atoms. The van der Waals surface area contributed by atoms with Gasteiger partial charge in [0.25, 0.3) is 5.62 Å². The van der Waals surface area contributed by atoms with Crippen LogP contribution in [0.25, 0.3) is 22.5 Å². The highest BCUT2D eigenvalue weighted by molar-refractivity contribution is 5.85. The van der Waals surface area contributed by atoms with E-state index in [0.29, 0.717) is 26.2 Å². The molecule has 1 amide bonds. The van der Waals surface area contributed by atoms with Gasteiger partial charge in [0, 0.05) is 67.8 Å². The lowest BCUT2D eigenvalue weighted by Gasteiger charge is -2.36. The SMILES string of the molecule is COc1ccccc1-c1cc2cnc(=Nc3ccc(N4CCN(C(=O)OC(C)(C)C)CC4)cc3F)nc-2n2c1NCC2. The fraction of sp³-hybridized carbons (Fsp3) is 0.355. The van der Waals surface area contributed by atoms with Crippen molar-refractivity contribution in [3.8, 4) is 28.3 Å². The molecule has 1 fully saturated rings. The maximum Gasteiger partial charge on any atom is 0.410 e. The Kier molecular flexibility index (Phi) is 7.17. The first kappa shape index (κ1) is 27.5. The summed E-state index contributed by atoms with van der Waals surface area (Å²) in [6.45, 7) is 9.21. The molecule has 11 heteroatoms. The Labute approximate surface area is 243 Å². The molecule has 2 aromatic rings. The summed E-state index contributed by atoms with van der Waals surface area (Å²) in [5.74, 6) is 1.99. The Bertz CT molecular complexity index is 1670. The van der Waals surface area contributed by atoms with Gasteiger partial charge in [-0.1, -0.05) is 18.2 Å². The number of piperazine rings is 1. The van der Waals surface area contributed by atoms with Gasteiger partial charge in [-0.05, 0) is 51.1 Å². The van der Waals surface area contributed by atoms with Gasteiger partial charge in [-0.2, -0.15) is 4.98 Å². The standard InChI is InChI=1S/C31H34FN7O3/c1-31(2,3)42-30(40)38-15-13-37(14-16-38)21-9-10-25(24(32)18-21)35-29-34-19-20-17-23(22-7-5-6-8-26(22)41-4)28-33-11-12-39(28)27(20)36-29/h5-10,17-19,33H,11-16H2,1-4H3. The van der Waals surface area contributed by atoms with Gasteiger partial charge in [0.1, 0.15) is 28.7 Å². The van der Waals surface area contributed by atoms with Crippen LogP contribution >= 0.6 is 0 Å². The van der Waals surface area contributed by atoms with Crippen LogP contribution in [-0.2, 0) is 11.3 Å². The van der Waals surface area contributed by atoms with E-state index in [-0.39, 0.29) is 17.4 Å². The minimum absolute atomic E-state index is 0.163. The molecular weight excluding hydrogens is 537 g/mol. The number of methoxy groups -OCH3 is 1. The monoisotopic (exact) mass is 571 g/mol. The lowest BCUT2D eigenvalue weighted by Crippen LogP contribution is -2.50. The Balaban J connectivity index is 1.25. The molecule has 0 aliphatic carbocycles. The highest BCUT2D eigenvalue weighted by Crippen LogP contribution is 2.40. The average Bonchev–Trinajstić information content (AvgIpc) is 3.48. The molecule has 0 saturated carbocycles. The molecule has 4 aliphatic rings. The van der Waals surface area contributed by atoms with E-state index in [4.69, 9.17) is 14.5 Å². The fourth-order valence-corrected chi connectivity index (χ4v) is 5.35. The number of hydrogen-bond donors (Lipinski definition) is 1. The third-order valence-electron chi connectivity index (χ3n) is 7.34. The molecule has 6 rings (SSSR count). The van der Waals surface area contributed by atoms with Gasteiger partial charge in [0.2, 0.25) is 0 Å². The van der Waals surface area contributed by atoms with E-state index in [1.807, 2.05) is 62.1 Å². The third-order valence-corrected chi connectivity index (χ3v) is 7.34. The summed E-state index contributed by atoms with van der Waals surface area (Å²) < 4.78 is 28.4. The highest BCUT2D eigenvalue weighted by Gasteiger charge is 2.27. The van der Waals surface area contributed by atoms with E-state index in [2.05, 4.69) is 19.9 Å². The van der Waals surface area contributed by atoms with Gasteiger partial charge in [-0.3, -0.25) is 0 Å². The first-order chi connectivity index (χ1) is 20.2. The van der Waals surface area contributed by atoms with Crippen LogP contribution in [0.5, 0.6) is 5.75 Å². The zero-order chi connectivity index (χ0) is 29.4. The molecule has 10 nitrogen and oxygen atoms in total. The summed E-state index contributed by atoms with van der Waals surface area (Å²) in [5, 5.41) is 3.47. The van der Waals surface area contributed by atoms with Gasteiger partial charge >= 0.3 is 6.09 Å². The predicted octanol–water partition coefficient (Wildman–Crippen LogP) is 4.91. The van der Waals surface area contributed by atoms with Crippen LogP contribution in [-0.4, -0.2) is 71.0 Å². The topological polar surface area (TPSA) is 97.1 Å². The van der Waals surface area contributed by atoms with Crippen molar-refractivity contribution < 1.29 is 18.7 Å². The molecule has 1 N–H and O–H groups in total. The Morgan fingerprint density at radius 2 is 1.81 bits per heavy atom. The van der Waals surface area contributed by atoms with Crippen molar-refractivity contribution in [2.24, 2.45) is 4.99 Å². The molecule has 0 bridgehead atoms. The first-order valence-corrected chi connectivity index (χ1v) is 14.1. The molecule has 218 valence electrons. The molecule has 0 radical (unpaired) electrons. The lowest BCUT2D eigenvalue weighted by atomic mass is 10.0. The van der Waals surface area contributed by atoms with Crippen molar-refractivity contribution in [2.45, 2.75) is 32.9 Å². The van der Waals surface area contributed by atoms with E-state index >= 15 is 4.39 Å². The van der Waals surface area contributed by atoms with Crippen LogP contribution in [0.1, 0.15) is 20.8 Å². The van der Waals surface area contributed by atoms with Gasteiger partial charge in [-0.15, -0.1) is 0 Å². The molecule has 4 heterocycles. The van der Waals surface area contributed by atoms with E-state index in [0.717, 1.165) is 52.9 Å². The number of benzene rings is 2. The number of para-hydroxylation sites is 1. The number of fused-ring (bicyclic) bond motifs is 3. The lowest BCUT2D eigenvalue weighted by molar-refractivity contribution is 0.0240. The number of halogens is 1. The second-order valence-electron chi connectivity index (χ2n) is 11.3. The fourth-order valence-electron chi connectivity index (χ4n) is 5.35. The molecule has 0 unspecified atom stereocenters. The van der Waals surface area contributed by atoms with Gasteiger partial charge < -0.3 is 29.2 Å². The number of rotatable bonds is 4. The van der Waals surface area contributed by atoms with Crippen molar-refractivity contribution in [1.29, 1.82) is 0 Å². The van der Waals surface area contributed by atoms with Crippen LogP contribution in [0.3, 0.4) is 0 Å². The highest BCUT2D eigenvalue weighted by atomic mass is 19.1. The summed E-state index contributed by atoms with van der Waals surface area (Å²) in [4.78, 5) is 29.7. The Morgan fingerprint density at radius 3 is 2.55 bits per heavy atom. The van der Waals surface area contributed by atoms with E-state index in [1.54, 1.807) is 24.3 Å². The number of carbonyl (C=O) groups is 1. The number of nitrogens with one attached hydrogen (secondary N) is 1. The molecular formula is C31H34FN7O3. The van der Waals surface area contributed by atoms with Crippen LogP contribution in [0, 0.1) is 5.82 Å². The van der Waals surface area contributed by atoms with Crippen molar-refractivity contribution >= 4 is 23.3 Å². The van der Waals surface area contributed by atoms with E-state index in [1.165, 1.54) is 6.07 Å². The number of pyridine rings is 1.